The average molecular weight is 335 g/mol. The first-order chi connectivity index (χ1) is 12.2. The highest BCUT2D eigenvalue weighted by molar-refractivity contribution is 5.88. The van der Waals surface area contributed by atoms with Gasteiger partial charge in [-0.3, -0.25) is 0 Å². The van der Waals surface area contributed by atoms with E-state index in [0.717, 1.165) is 39.3 Å². The molecule has 2 aromatic carbocycles. The summed E-state index contributed by atoms with van der Waals surface area (Å²) in [6.07, 6.45) is 1.84. The number of pyridine rings is 1. The van der Waals surface area contributed by atoms with Gasteiger partial charge in [-0.25, -0.2) is 4.98 Å². The molecule has 0 aliphatic carbocycles. The lowest BCUT2D eigenvalue weighted by molar-refractivity contribution is 0.399. The fraction of sp³-hybridized carbons (Fsp3) is 0.190. The van der Waals surface area contributed by atoms with Gasteiger partial charge in [0.05, 0.1) is 26.9 Å². The first kappa shape index (κ1) is 16.8. The van der Waals surface area contributed by atoms with Crippen molar-refractivity contribution in [1.29, 1.82) is 0 Å². The molecule has 0 atom stereocenters. The van der Waals surface area contributed by atoms with Crippen LogP contribution in [0.25, 0.3) is 22.3 Å². The molecule has 0 saturated heterocycles. The third kappa shape index (κ3) is 3.29. The smallest absolute Gasteiger partial charge is 0.221 e. The van der Waals surface area contributed by atoms with Crippen molar-refractivity contribution in [2.75, 3.05) is 21.3 Å². The molecule has 0 fully saturated rings. The van der Waals surface area contributed by atoms with Crippen LogP contribution in [-0.2, 0) is 0 Å². The van der Waals surface area contributed by atoms with Gasteiger partial charge in [-0.1, -0.05) is 24.3 Å². The van der Waals surface area contributed by atoms with Gasteiger partial charge >= 0.3 is 0 Å². The highest BCUT2D eigenvalue weighted by atomic mass is 16.5. The Morgan fingerprint density at radius 3 is 1.56 bits per heavy atom. The maximum atomic E-state index is 5.55. The summed E-state index contributed by atoms with van der Waals surface area (Å²) in [5.74, 6) is 2.24. The second-order valence-corrected chi connectivity index (χ2v) is 5.66. The minimum atomic E-state index is 0.599. The number of benzene rings is 2. The number of aryl methyl sites for hydroxylation is 1. The van der Waals surface area contributed by atoms with Gasteiger partial charge in [-0.05, 0) is 53.4 Å². The Balaban J connectivity index is 2.22. The molecule has 0 bridgehead atoms. The van der Waals surface area contributed by atoms with Gasteiger partial charge in [0, 0.05) is 6.20 Å². The van der Waals surface area contributed by atoms with E-state index < -0.39 is 0 Å². The van der Waals surface area contributed by atoms with Crippen LogP contribution in [-0.4, -0.2) is 26.3 Å². The van der Waals surface area contributed by atoms with Crippen LogP contribution in [0.3, 0.4) is 0 Å². The van der Waals surface area contributed by atoms with Crippen molar-refractivity contribution >= 4 is 0 Å². The maximum Gasteiger partial charge on any atom is 0.221 e. The van der Waals surface area contributed by atoms with Crippen LogP contribution < -0.4 is 14.2 Å². The number of nitrogens with zero attached hydrogens (tertiary/aromatic N) is 1. The predicted octanol–water partition coefficient (Wildman–Crippen LogP) is 4.75. The summed E-state index contributed by atoms with van der Waals surface area (Å²) in [6, 6.07) is 15.9. The minimum absolute atomic E-state index is 0.599. The second kappa shape index (κ2) is 7.26. The molecular formula is C21H21NO3. The molecule has 0 aliphatic rings. The van der Waals surface area contributed by atoms with Crippen LogP contribution in [0.1, 0.15) is 5.56 Å². The van der Waals surface area contributed by atoms with Gasteiger partial charge in [-0.15, -0.1) is 0 Å². The van der Waals surface area contributed by atoms with Crippen molar-refractivity contribution in [3.05, 3.63) is 60.3 Å². The zero-order chi connectivity index (χ0) is 17.8. The summed E-state index contributed by atoms with van der Waals surface area (Å²) in [5, 5.41) is 0. The highest BCUT2D eigenvalue weighted by Gasteiger charge is 2.17. The number of hydrogen-bond donors (Lipinski definition) is 0. The number of ether oxygens (including phenoxy) is 3. The van der Waals surface area contributed by atoms with E-state index in [9.17, 15) is 0 Å². The van der Waals surface area contributed by atoms with E-state index in [-0.39, 0.29) is 0 Å². The summed E-state index contributed by atoms with van der Waals surface area (Å²) in [4.78, 5) is 4.46. The molecule has 1 heterocycles. The van der Waals surface area contributed by atoms with Crippen LogP contribution in [0, 0.1) is 6.92 Å². The Bertz CT molecular complexity index is 856. The first-order valence-electron chi connectivity index (χ1n) is 8.00. The van der Waals surface area contributed by atoms with E-state index in [4.69, 9.17) is 14.2 Å². The van der Waals surface area contributed by atoms with Crippen molar-refractivity contribution < 1.29 is 14.2 Å². The van der Waals surface area contributed by atoms with Crippen molar-refractivity contribution in [2.24, 2.45) is 0 Å². The van der Waals surface area contributed by atoms with Gasteiger partial charge < -0.3 is 14.2 Å². The maximum absolute atomic E-state index is 5.55. The monoisotopic (exact) mass is 335 g/mol. The summed E-state index contributed by atoms with van der Waals surface area (Å²) in [6.45, 7) is 2.05. The third-order valence-electron chi connectivity index (χ3n) is 4.18. The Morgan fingerprint density at radius 1 is 0.640 bits per heavy atom. The summed E-state index contributed by atoms with van der Waals surface area (Å²) in [7, 11) is 4.97. The first-order valence-corrected chi connectivity index (χ1v) is 8.00. The van der Waals surface area contributed by atoms with Crippen LogP contribution in [0.15, 0.2) is 54.7 Å². The van der Waals surface area contributed by atoms with E-state index >= 15 is 0 Å². The molecule has 0 amide bonds. The van der Waals surface area contributed by atoms with Gasteiger partial charge in [0.25, 0.3) is 0 Å². The van der Waals surface area contributed by atoms with Crippen molar-refractivity contribution in [3.8, 4) is 39.6 Å². The van der Waals surface area contributed by atoms with E-state index in [1.807, 2.05) is 54.7 Å². The zero-order valence-corrected chi connectivity index (χ0v) is 14.9. The molecule has 0 aliphatic heterocycles. The summed E-state index contributed by atoms with van der Waals surface area (Å²) in [5.41, 5.74) is 5.26. The van der Waals surface area contributed by atoms with Crippen LogP contribution >= 0.6 is 0 Å². The van der Waals surface area contributed by atoms with E-state index in [0.29, 0.717) is 5.88 Å². The van der Waals surface area contributed by atoms with E-state index in [2.05, 4.69) is 11.9 Å². The lowest BCUT2D eigenvalue weighted by Gasteiger charge is -2.17. The summed E-state index contributed by atoms with van der Waals surface area (Å²) >= 11 is 0. The topological polar surface area (TPSA) is 40.6 Å². The Hall–Kier alpha value is -3.01. The van der Waals surface area contributed by atoms with E-state index in [1.165, 1.54) is 0 Å². The number of hydrogen-bond acceptors (Lipinski definition) is 4. The lowest BCUT2D eigenvalue weighted by atomic mass is 9.92. The van der Waals surface area contributed by atoms with Gasteiger partial charge in [0.1, 0.15) is 11.5 Å². The zero-order valence-electron chi connectivity index (χ0n) is 14.9. The van der Waals surface area contributed by atoms with Gasteiger partial charge in [-0.2, -0.15) is 0 Å². The minimum Gasteiger partial charge on any atom is -0.497 e. The molecule has 0 unspecified atom stereocenters. The molecule has 3 rings (SSSR count). The van der Waals surface area contributed by atoms with Crippen LogP contribution in [0.5, 0.6) is 17.4 Å². The van der Waals surface area contributed by atoms with E-state index in [1.54, 1.807) is 21.3 Å². The highest BCUT2D eigenvalue weighted by Crippen LogP contribution is 2.40. The molecule has 0 N–H and O–H groups in total. The molecular weight excluding hydrogens is 314 g/mol. The van der Waals surface area contributed by atoms with Crippen molar-refractivity contribution in [1.82, 2.24) is 4.98 Å². The SMILES string of the molecule is COc1ccc(-c2c(C)cnc(OC)c2-c2ccc(OC)cc2)cc1. The lowest BCUT2D eigenvalue weighted by Crippen LogP contribution is -1.97. The molecule has 4 nitrogen and oxygen atoms in total. The normalized spacial score (nSPS) is 10.4. The Morgan fingerprint density at radius 2 is 1.12 bits per heavy atom. The van der Waals surface area contributed by atoms with Crippen LogP contribution in [0.4, 0.5) is 0 Å². The summed E-state index contributed by atoms with van der Waals surface area (Å²) < 4.78 is 16.1. The Kier molecular flexibility index (Phi) is 4.89. The molecule has 4 heteroatoms. The van der Waals surface area contributed by atoms with Crippen LogP contribution in [0.2, 0.25) is 0 Å². The quantitative estimate of drug-likeness (QED) is 0.675. The number of methoxy groups -OCH3 is 3. The molecule has 1 aromatic heterocycles. The van der Waals surface area contributed by atoms with Crippen molar-refractivity contribution in [3.63, 3.8) is 0 Å². The van der Waals surface area contributed by atoms with Gasteiger partial charge in [0.2, 0.25) is 5.88 Å². The largest absolute Gasteiger partial charge is 0.497 e. The average Bonchev–Trinajstić information content (AvgIpc) is 2.68. The van der Waals surface area contributed by atoms with Gasteiger partial charge in [0.15, 0.2) is 0 Å². The standard InChI is InChI=1S/C21H21NO3/c1-14-13-22-21(25-4)20(16-7-11-18(24-3)12-8-16)19(14)15-5-9-17(23-2)10-6-15/h5-13H,1-4H3. The molecule has 0 radical (unpaired) electrons. The third-order valence-corrected chi connectivity index (χ3v) is 4.18. The fourth-order valence-corrected chi connectivity index (χ4v) is 2.90. The van der Waals surface area contributed by atoms with Crippen molar-refractivity contribution in [2.45, 2.75) is 6.92 Å². The number of aromatic nitrogens is 1. The second-order valence-electron chi connectivity index (χ2n) is 5.66. The molecule has 128 valence electrons. The predicted molar refractivity (Wildman–Crippen MR) is 99.5 cm³/mol. The molecule has 0 saturated carbocycles. The fourth-order valence-electron chi connectivity index (χ4n) is 2.90. The number of rotatable bonds is 5. The molecule has 25 heavy (non-hydrogen) atoms. The Labute approximate surface area is 148 Å². The molecule has 3 aromatic rings. The molecule has 0 spiro atoms.